The second kappa shape index (κ2) is 6.66. The first-order valence-corrected chi connectivity index (χ1v) is 7.96. The van der Waals surface area contributed by atoms with E-state index in [0.717, 1.165) is 21.8 Å². The zero-order valence-electron chi connectivity index (χ0n) is 12.2. The van der Waals surface area contributed by atoms with Crippen molar-refractivity contribution in [2.75, 3.05) is 5.75 Å². The van der Waals surface area contributed by atoms with Gasteiger partial charge in [-0.2, -0.15) is 0 Å². The molecule has 0 amide bonds. The lowest BCUT2D eigenvalue weighted by Gasteiger charge is -2.05. The highest BCUT2D eigenvalue weighted by atomic mass is 32.2. The van der Waals surface area contributed by atoms with Gasteiger partial charge in [0.05, 0.1) is 16.8 Å². The van der Waals surface area contributed by atoms with Crippen molar-refractivity contribution >= 4 is 28.8 Å². The molecule has 0 aliphatic carbocycles. The molecule has 0 saturated carbocycles. The molecule has 1 heterocycles. The Labute approximate surface area is 133 Å². The lowest BCUT2D eigenvalue weighted by atomic mass is 10.2. The standard InChI is InChI=1S/C17H16N2O2S/c1-19-15-10-6-5-9-14(15)18-17(19)22-12-16(20)21-11-13-7-3-2-4-8-13/h2-10H,11-12H2,1H3. The van der Waals surface area contributed by atoms with E-state index in [1.54, 1.807) is 0 Å². The van der Waals surface area contributed by atoms with Crippen molar-refractivity contribution in [3.63, 3.8) is 0 Å². The number of carbonyl (C=O) groups is 1. The third kappa shape index (κ3) is 3.31. The van der Waals surface area contributed by atoms with Crippen molar-refractivity contribution in [3.05, 3.63) is 60.2 Å². The highest BCUT2D eigenvalue weighted by Gasteiger charge is 2.11. The Kier molecular flexibility index (Phi) is 4.44. The van der Waals surface area contributed by atoms with E-state index in [2.05, 4.69) is 4.98 Å². The fraction of sp³-hybridized carbons (Fsp3) is 0.176. The molecule has 3 rings (SSSR count). The summed E-state index contributed by atoms with van der Waals surface area (Å²) in [6.07, 6.45) is 0. The maximum atomic E-state index is 11.8. The number of nitrogens with zero attached hydrogens (tertiary/aromatic N) is 2. The predicted molar refractivity (Wildman–Crippen MR) is 87.7 cm³/mol. The topological polar surface area (TPSA) is 44.1 Å². The van der Waals surface area contributed by atoms with Crippen LogP contribution in [0.25, 0.3) is 11.0 Å². The molecule has 0 aliphatic heterocycles. The van der Waals surface area contributed by atoms with Crippen LogP contribution in [-0.4, -0.2) is 21.3 Å². The first-order chi connectivity index (χ1) is 10.7. The molecular weight excluding hydrogens is 296 g/mol. The molecule has 0 bridgehead atoms. The molecule has 0 N–H and O–H groups in total. The minimum atomic E-state index is -0.235. The van der Waals surface area contributed by atoms with Crippen LogP contribution in [0.15, 0.2) is 59.8 Å². The van der Waals surface area contributed by atoms with Crippen molar-refractivity contribution in [1.29, 1.82) is 0 Å². The van der Waals surface area contributed by atoms with Gasteiger partial charge >= 0.3 is 5.97 Å². The number of hydrogen-bond donors (Lipinski definition) is 0. The van der Waals surface area contributed by atoms with Gasteiger partial charge in [-0.25, -0.2) is 4.98 Å². The number of esters is 1. The molecule has 0 aliphatic rings. The summed E-state index contributed by atoms with van der Waals surface area (Å²) in [6.45, 7) is 0.308. The number of hydrogen-bond acceptors (Lipinski definition) is 4. The number of thioether (sulfide) groups is 1. The number of carbonyl (C=O) groups excluding carboxylic acids is 1. The fourth-order valence-corrected chi connectivity index (χ4v) is 2.94. The maximum absolute atomic E-state index is 11.8. The van der Waals surface area contributed by atoms with Gasteiger partial charge in [0.2, 0.25) is 0 Å². The van der Waals surface area contributed by atoms with E-state index in [4.69, 9.17) is 4.74 Å². The Bertz CT molecular complexity index is 784. The Morgan fingerprint density at radius 2 is 1.86 bits per heavy atom. The molecule has 3 aromatic rings. The quantitative estimate of drug-likeness (QED) is 0.535. The molecule has 0 atom stereocenters. The first kappa shape index (κ1) is 14.7. The number of imidazole rings is 1. The molecule has 0 saturated heterocycles. The molecule has 22 heavy (non-hydrogen) atoms. The summed E-state index contributed by atoms with van der Waals surface area (Å²) in [4.78, 5) is 16.4. The van der Waals surface area contributed by atoms with Crippen LogP contribution in [0.4, 0.5) is 0 Å². The van der Waals surface area contributed by atoms with Gasteiger partial charge in [0.1, 0.15) is 6.61 Å². The lowest BCUT2D eigenvalue weighted by Crippen LogP contribution is -2.08. The summed E-state index contributed by atoms with van der Waals surface area (Å²) >= 11 is 1.39. The molecule has 4 nitrogen and oxygen atoms in total. The van der Waals surface area contributed by atoms with Gasteiger partial charge in [-0.15, -0.1) is 0 Å². The highest BCUT2D eigenvalue weighted by Crippen LogP contribution is 2.22. The van der Waals surface area contributed by atoms with Crippen LogP contribution in [0.2, 0.25) is 0 Å². The molecule has 1 aromatic heterocycles. The molecule has 0 spiro atoms. The van der Waals surface area contributed by atoms with Gasteiger partial charge in [-0.05, 0) is 17.7 Å². The third-order valence-electron chi connectivity index (χ3n) is 3.31. The number of aromatic nitrogens is 2. The lowest BCUT2D eigenvalue weighted by molar-refractivity contribution is -0.141. The molecule has 2 aromatic carbocycles. The first-order valence-electron chi connectivity index (χ1n) is 6.98. The highest BCUT2D eigenvalue weighted by molar-refractivity contribution is 7.99. The van der Waals surface area contributed by atoms with Crippen LogP contribution in [0.5, 0.6) is 0 Å². The molecule has 0 fully saturated rings. The van der Waals surface area contributed by atoms with Crippen LogP contribution in [0.1, 0.15) is 5.56 Å². The zero-order valence-corrected chi connectivity index (χ0v) is 13.0. The average Bonchev–Trinajstić information content (AvgIpc) is 2.88. The summed E-state index contributed by atoms with van der Waals surface area (Å²) in [7, 11) is 1.95. The van der Waals surface area contributed by atoms with E-state index < -0.39 is 0 Å². The molecule has 0 radical (unpaired) electrons. The van der Waals surface area contributed by atoms with Gasteiger partial charge in [0.15, 0.2) is 5.16 Å². The molecule has 5 heteroatoms. The van der Waals surface area contributed by atoms with Crippen LogP contribution >= 0.6 is 11.8 Å². The predicted octanol–water partition coefficient (Wildman–Crippen LogP) is 3.41. The van der Waals surface area contributed by atoms with Gasteiger partial charge in [-0.3, -0.25) is 4.79 Å². The van der Waals surface area contributed by atoms with Crippen molar-refractivity contribution < 1.29 is 9.53 Å². The fourth-order valence-electron chi connectivity index (χ4n) is 2.16. The van der Waals surface area contributed by atoms with E-state index in [-0.39, 0.29) is 11.7 Å². The minimum absolute atomic E-state index is 0.235. The maximum Gasteiger partial charge on any atom is 0.316 e. The summed E-state index contributed by atoms with van der Waals surface area (Å²) in [5.41, 5.74) is 2.98. The Morgan fingerprint density at radius 3 is 2.64 bits per heavy atom. The number of rotatable bonds is 5. The Balaban J connectivity index is 1.57. The number of benzene rings is 2. The van der Waals surface area contributed by atoms with Gasteiger partial charge in [0.25, 0.3) is 0 Å². The number of para-hydroxylation sites is 2. The van der Waals surface area contributed by atoms with Crippen molar-refractivity contribution in [2.24, 2.45) is 7.05 Å². The summed E-state index contributed by atoms with van der Waals surface area (Å²) in [5, 5.41) is 0.817. The van der Waals surface area contributed by atoms with E-state index in [1.807, 2.05) is 66.2 Å². The van der Waals surface area contributed by atoms with E-state index in [1.165, 1.54) is 11.8 Å². The van der Waals surface area contributed by atoms with Gasteiger partial charge in [0, 0.05) is 7.05 Å². The average molecular weight is 312 g/mol. The largest absolute Gasteiger partial charge is 0.460 e. The number of fused-ring (bicyclic) bond motifs is 1. The second-order valence-corrected chi connectivity index (χ2v) is 5.82. The monoisotopic (exact) mass is 312 g/mol. The molecule has 112 valence electrons. The summed E-state index contributed by atoms with van der Waals surface area (Å²) in [5.74, 6) is 0.0187. The van der Waals surface area contributed by atoms with E-state index in [9.17, 15) is 4.79 Å². The van der Waals surface area contributed by atoms with E-state index >= 15 is 0 Å². The number of aryl methyl sites for hydroxylation is 1. The number of ether oxygens (including phenoxy) is 1. The third-order valence-corrected chi connectivity index (χ3v) is 4.31. The van der Waals surface area contributed by atoms with Crippen molar-refractivity contribution in [2.45, 2.75) is 11.8 Å². The summed E-state index contributed by atoms with van der Waals surface area (Å²) in [6, 6.07) is 17.6. The van der Waals surface area contributed by atoms with Gasteiger partial charge < -0.3 is 9.30 Å². The minimum Gasteiger partial charge on any atom is -0.460 e. The van der Waals surface area contributed by atoms with Crippen molar-refractivity contribution in [1.82, 2.24) is 9.55 Å². The SMILES string of the molecule is Cn1c(SCC(=O)OCc2ccccc2)nc2ccccc21. The van der Waals surface area contributed by atoms with E-state index in [0.29, 0.717) is 6.61 Å². The smallest absolute Gasteiger partial charge is 0.316 e. The summed E-state index contributed by atoms with van der Waals surface area (Å²) < 4.78 is 7.26. The van der Waals surface area contributed by atoms with Crippen LogP contribution in [-0.2, 0) is 23.2 Å². The molecule has 0 unspecified atom stereocenters. The zero-order chi connectivity index (χ0) is 15.4. The van der Waals surface area contributed by atoms with Crippen molar-refractivity contribution in [3.8, 4) is 0 Å². The van der Waals surface area contributed by atoms with Gasteiger partial charge in [-0.1, -0.05) is 54.2 Å². The Morgan fingerprint density at radius 1 is 1.14 bits per heavy atom. The van der Waals surface area contributed by atoms with Crippen LogP contribution < -0.4 is 0 Å². The van der Waals surface area contributed by atoms with Crippen LogP contribution in [0.3, 0.4) is 0 Å². The molecular formula is C17H16N2O2S. The second-order valence-electron chi connectivity index (χ2n) is 4.88. The normalized spacial score (nSPS) is 10.8. The van der Waals surface area contributed by atoms with Crippen LogP contribution in [0, 0.1) is 0 Å². The Hall–Kier alpha value is -2.27.